The van der Waals surface area contributed by atoms with Gasteiger partial charge in [0.1, 0.15) is 0 Å². The van der Waals surface area contributed by atoms with Gasteiger partial charge in [-0.2, -0.15) is 0 Å². The lowest BCUT2D eigenvalue weighted by atomic mass is 10.0. The molecule has 100 valence electrons. The van der Waals surface area contributed by atoms with Crippen LogP contribution in [0.1, 0.15) is 30.9 Å². The SMILES string of the molecule is CC(C)c1ccc(CNc2ncc(Br)cc2F)cc1. The Kier molecular flexibility index (Phi) is 4.53. The number of hydrogen-bond donors (Lipinski definition) is 1. The maximum atomic E-state index is 13.6. The highest BCUT2D eigenvalue weighted by atomic mass is 79.9. The Morgan fingerprint density at radius 2 is 1.95 bits per heavy atom. The fourth-order valence-corrected chi connectivity index (χ4v) is 2.05. The topological polar surface area (TPSA) is 24.9 Å². The zero-order valence-electron chi connectivity index (χ0n) is 11.0. The summed E-state index contributed by atoms with van der Waals surface area (Å²) in [7, 11) is 0. The second-order valence-corrected chi connectivity index (χ2v) is 5.65. The van der Waals surface area contributed by atoms with Crippen molar-refractivity contribution in [1.29, 1.82) is 0 Å². The van der Waals surface area contributed by atoms with Crippen LogP contribution >= 0.6 is 15.9 Å². The molecular formula is C15H16BrFN2. The van der Waals surface area contributed by atoms with E-state index in [0.717, 1.165) is 5.56 Å². The van der Waals surface area contributed by atoms with E-state index in [0.29, 0.717) is 16.9 Å². The molecule has 2 aromatic rings. The van der Waals surface area contributed by atoms with Crippen molar-refractivity contribution in [3.8, 4) is 0 Å². The zero-order valence-corrected chi connectivity index (χ0v) is 12.5. The summed E-state index contributed by atoms with van der Waals surface area (Å²) in [6.07, 6.45) is 1.58. The first kappa shape index (κ1) is 14.0. The first-order valence-electron chi connectivity index (χ1n) is 6.20. The van der Waals surface area contributed by atoms with Crippen molar-refractivity contribution in [2.45, 2.75) is 26.3 Å². The molecule has 2 nitrogen and oxygen atoms in total. The van der Waals surface area contributed by atoms with Gasteiger partial charge in [-0.1, -0.05) is 38.1 Å². The van der Waals surface area contributed by atoms with Crippen molar-refractivity contribution in [2.75, 3.05) is 5.32 Å². The zero-order chi connectivity index (χ0) is 13.8. The highest BCUT2D eigenvalue weighted by Gasteiger charge is 2.04. The Balaban J connectivity index is 2.02. The van der Waals surface area contributed by atoms with E-state index in [1.165, 1.54) is 11.6 Å². The number of halogens is 2. The number of anilines is 1. The molecule has 0 unspecified atom stereocenters. The maximum Gasteiger partial charge on any atom is 0.166 e. The van der Waals surface area contributed by atoms with Crippen LogP contribution in [0.3, 0.4) is 0 Å². The second kappa shape index (κ2) is 6.15. The molecule has 2 rings (SSSR count). The number of nitrogens with zero attached hydrogens (tertiary/aromatic N) is 1. The molecule has 1 aromatic heterocycles. The van der Waals surface area contributed by atoms with Crippen molar-refractivity contribution in [3.05, 3.63) is 57.9 Å². The molecule has 0 aliphatic carbocycles. The Bertz CT molecular complexity index is 553. The molecule has 0 saturated carbocycles. The molecule has 0 fully saturated rings. The van der Waals surface area contributed by atoms with Crippen LogP contribution in [0, 0.1) is 5.82 Å². The van der Waals surface area contributed by atoms with Crippen LogP contribution in [0.15, 0.2) is 41.0 Å². The van der Waals surface area contributed by atoms with Crippen LogP contribution in [0.5, 0.6) is 0 Å². The molecule has 1 heterocycles. The predicted molar refractivity (Wildman–Crippen MR) is 79.8 cm³/mol. The van der Waals surface area contributed by atoms with Gasteiger partial charge in [0.05, 0.1) is 0 Å². The van der Waals surface area contributed by atoms with E-state index >= 15 is 0 Å². The Hall–Kier alpha value is -1.42. The third kappa shape index (κ3) is 3.77. The summed E-state index contributed by atoms with van der Waals surface area (Å²) in [4.78, 5) is 4.01. The first-order chi connectivity index (χ1) is 9.06. The number of pyridine rings is 1. The van der Waals surface area contributed by atoms with Gasteiger partial charge in [-0.05, 0) is 39.0 Å². The van der Waals surface area contributed by atoms with Crippen LogP contribution in [-0.4, -0.2) is 4.98 Å². The molecule has 0 spiro atoms. The lowest BCUT2D eigenvalue weighted by molar-refractivity contribution is 0.623. The minimum Gasteiger partial charge on any atom is -0.364 e. The minimum atomic E-state index is -0.354. The molecule has 0 saturated heterocycles. The lowest BCUT2D eigenvalue weighted by Crippen LogP contribution is -2.03. The number of aromatic nitrogens is 1. The molecular weight excluding hydrogens is 307 g/mol. The number of benzene rings is 1. The smallest absolute Gasteiger partial charge is 0.166 e. The molecule has 0 radical (unpaired) electrons. The molecule has 0 aliphatic heterocycles. The third-order valence-electron chi connectivity index (χ3n) is 2.91. The molecule has 0 aliphatic rings. The summed E-state index contributed by atoms with van der Waals surface area (Å²) >= 11 is 3.18. The standard InChI is InChI=1S/C15H16BrFN2/c1-10(2)12-5-3-11(4-6-12)8-18-15-14(17)7-13(16)9-19-15/h3-7,9-10H,8H2,1-2H3,(H,18,19). The van der Waals surface area contributed by atoms with E-state index in [9.17, 15) is 4.39 Å². The molecule has 1 N–H and O–H groups in total. The van der Waals surface area contributed by atoms with E-state index in [1.807, 2.05) is 0 Å². The Morgan fingerprint density at radius 1 is 1.26 bits per heavy atom. The summed E-state index contributed by atoms with van der Waals surface area (Å²) in [5.74, 6) is 0.442. The first-order valence-corrected chi connectivity index (χ1v) is 6.99. The molecule has 0 bridgehead atoms. The van der Waals surface area contributed by atoms with Gasteiger partial charge in [-0.25, -0.2) is 9.37 Å². The van der Waals surface area contributed by atoms with Crippen LogP contribution in [-0.2, 0) is 6.54 Å². The van der Waals surface area contributed by atoms with Crippen molar-refractivity contribution in [3.63, 3.8) is 0 Å². The highest BCUT2D eigenvalue weighted by Crippen LogP contribution is 2.18. The maximum absolute atomic E-state index is 13.6. The van der Waals surface area contributed by atoms with Gasteiger partial charge >= 0.3 is 0 Å². The number of hydrogen-bond acceptors (Lipinski definition) is 2. The molecule has 0 amide bonds. The molecule has 0 atom stereocenters. The average Bonchev–Trinajstić information content (AvgIpc) is 2.38. The van der Waals surface area contributed by atoms with Crippen molar-refractivity contribution < 1.29 is 4.39 Å². The van der Waals surface area contributed by atoms with E-state index in [4.69, 9.17) is 0 Å². The second-order valence-electron chi connectivity index (χ2n) is 4.73. The van der Waals surface area contributed by atoms with Crippen LogP contribution in [0.25, 0.3) is 0 Å². The van der Waals surface area contributed by atoms with Crippen LogP contribution in [0.4, 0.5) is 10.2 Å². The summed E-state index contributed by atoms with van der Waals surface area (Å²) in [6, 6.07) is 9.72. The summed E-state index contributed by atoms with van der Waals surface area (Å²) in [6.45, 7) is 4.88. The van der Waals surface area contributed by atoms with E-state index < -0.39 is 0 Å². The van der Waals surface area contributed by atoms with Gasteiger partial charge in [-0.3, -0.25) is 0 Å². The summed E-state index contributed by atoms with van der Waals surface area (Å²) < 4.78 is 14.2. The van der Waals surface area contributed by atoms with Gasteiger partial charge in [0.25, 0.3) is 0 Å². The average molecular weight is 323 g/mol. The Morgan fingerprint density at radius 3 is 2.53 bits per heavy atom. The van der Waals surface area contributed by atoms with Crippen LogP contribution < -0.4 is 5.32 Å². The summed E-state index contributed by atoms with van der Waals surface area (Å²) in [5.41, 5.74) is 2.41. The highest BCUT2D eigenvalue weighted by molar-refractivity contribution is 9.10. The van der Waals surface area contributed by atoms with Gasteiger partial charge in [-0.15, -0.1) is 0 Å². The van der Waals surface area contributed by atoms with Crippen molar-refractivity contribution in [1.82, 2.24) is 4.98 Å². The Labute approximate surface area is 121 Å². The minimum absolute atomic E-state index is 0.274. The number of rotatable bonds is 4. The predicted octanol–water partition coefficient (Wildman–Crippen LogP) is 4.72. The third-order valence-corrected chi connectivity index (χ3v) is 3.35. The van der Waals surface area contributed by atoms with Crippen molar-refractivity contribution >= 4 is 21.7 Å². The van der Waals surface area contributed by atoms with Crippen molar-refractivity contribution in [2.24, 2.45) is 0 Å². The summed E-state index contributed by atoms with van der Waals surface area (Å²) in [5, 5.41) is 3.00. The molecule has 4 heteroatoms. The quantitative estimate of drug-likeness (QED) is 0.881. The normalized spacial score (nSPS) is 10.8. The van der Waals surface area contributed by atoms with E-state index in [-0.39, 0.29) is 11.6 Å². The lowest BCUT2D eigenvalue weighted by Gasteiger charge is -2.09. The largest absolute Gasteiger partial charge is 0.364 e. The fourth-order valence-electron chi connectivity index (χ4n) is 1.75. The fraction of sp³-hybridized carbons (Fsp3) is 0.267. The molecule has 19 heavy (non-hydrogen) atoms. The number of nitrogens with one attached hydrogen (secondary N) is 1. The van der Waals surface area contributed by atoms with Gasteiger partial charge < -0.3 is 5.32 Å². The van der Waals surface area contributed by atoms with E-state index in [2.05, 4.69) is 64.3 Å². The monoisotopic (exact) mass is 322 g/mol. The van der Waals surface area contributed by atoms with E-state index in [1.54, 1.807) is 6.20 Å². The van der Waals surface area contributed by atoms with Gasteiger partial charge in [0.2, 0.25) is 0 Å². The van der Waals surface area contributed by atoms with Crippen LogP contribution in [0.2, 0.25) is 0 Å². The van der Waals surface area contributed by atoms with Gasteiger partial charge in [0, 0.05) is 17.2 Å². The molecule has 1 aromatic carbocycles. The van der Waals surface area contributed by atoms with Gasteiger partial charge in [0.15, 0.2) is 11.6 Å².